The molecule has 0 radical (unpaired) electrons. The molecule has 0 aliphatic carbocycles. The highest BCUT2D eigenvalue weighted by Crippen LogP contribution is 2.36. The lowest BCUT2D eigenvalue weighted by atomic mass is 9.84. The van der Waals surface area contributed by atoms with Crippen LogP contribution in [0.4, 0.5) is 0 Å². The summed E-state index contributed by atoms with van der Waals surface area (Å²) in [5.74, 6) is -0.571. The van der Waals surface area contributed by atoms with Gasteiger partial charge in [0.25, 0.3) is 0 Å². The van der Waals surface area contributed by atoms with Crippen LogP contribution in [-0.2, 0) is 32.1 Å². The van der Waals surface area contributed by atoms with Crippen molar-refractivity contribution in [3.8, 4) is 5.75 Å². The van der Waals surface area contributed by atoms with Gasteiger partial charge in [-0.1, -0.05) is 84.4 Å². The van der Waals surface area contributed by atoms with Crippen LogP contribution in [-0.4, -0.2) is 43.4 Å². The van der Waals surface area contributed by atoms with Crippen molar-refractivity contribution in [2.24, 2.45) is 5.92 Å². The largest absolute Gasteiger partial charge is 0.497 e. The highest BCUT2D eigenvalue weighted by atomic mass is 35.5. The number of hydrogen-bond acceptors (Lipinski definition) is 7. The minimum Gasteiger partial charge on any atom is -0.497 e. The summed E-state index contributed by atoms with van der Waals surface area (Å²) in [7, 11) is 3.11. The van der Waals surface area contributed by atoms with Crippen LogP contribution in [0.15, 0.2) is 97.1 Å². The summed E-state index contributed by atoms with van der Waals surface area (Å²) in [5.41, 5.74) is 2.81. The third-order valence-corrected chi connectivity index (χ3v) is 8.39. The molecule has 1 fully saturated rings. The molecule has 0 spiro atoms. The molecular weight excluding hydrogens is 560 g/mol. The quantitative estimate of drug-likeness (QED) is 0.127. The molecular formula is C32H31ClN2O5S. The minimum atomic E-state index is -0.880. The van der Waals surface area contributed by atoms with Crippen LogP contribution >= 0.6 is 22.9 Å². The number of likely N-dealkylation sites (tertiary alicyclic amines) is 1. The molecule has 1 aliphatic rings. The van der Waals surface area contributed by atoms with Crippen molar-refractivity contribution in [2.45, 2.75) is 31.5 Å². The number of carbonyl (C=O) groups is 2. The van der Waals surface area contributed by atoms with E-state index in [4.69, 9.17) is 25.8 Å². The van der Waals surface area contributed by atoms with Gasteiger partial charge in [-0.25, -0.2) is 4.79 Å². The van der Waals surface area contributed by atoms with Crippen molar-refractivity contribution in [3.05, 3.63) is 123 Å². The van der Waals surface area contributed by atoms with Crippen molar-refractivity contribution in [1.29, 1.82) is 0 Å². The van der Waals surface area contributed by atoms with E-state index < -0.39 is 24.3 Å². The second kappa shape index (κ2) is 13.3. The SMILES string of the molecule is COc1ccc(COC(=O)C2[C@@H](Cc3ccc(Cl)s3)C(=O)N2C(NC(c2ccccc2)c2ccccc2)OC)cc1. The van der Waals surface area contributed by atoms with Gasteiger partial charge in [-0.05, 0) is 47.4 Å². The summed E-state index contributed by atoms with van der Waals surface area (Å²) in [6, 6.07) is 29.7. The van der Waals surface area contributed by atoms with Crippen LogP contribution in [0.1, 0.15) is 27.6 Å². The predicted octanol–water partition coefficient (Wildman–Crippen LogP) is 5.83. The van der Waals surface area contributed by atoms with Crippen molar-refractivity contribution in [2.75, 3.05) is 14.2 Å². The Labute approximate surface area is 248 Å². The smallest absolute Gasteiger partial charge is 0.330 e. The van der Waals surface area contributed by atoms with Crippen LogP contribution in [0, 0.1) is 5.92 Å². The Bertz CT molecular complexity index is 1410. The van der Waals surface area contributed by atoms with E-state index in [2.05, 4.69) is 5.32 Å². The lowest BCUT2D eigenvalue weighted by Crippen LogP contribution is -2.71. The zero-order chi connectivity index (χ0) is 28.8. The second-order valence-corrected chi connectivity index (χ2v) is 11.5. The average Bonchev–Trinajstić information content (AvgIpc) is 3.44. The van der Waals surface area contributed by atoms with Crippen molar-refractivity contribution >= 4 is 34.8 Å². The first kappa shape index (κ1) is 28.8. The molecule has 1 aliphatic heterocycles. The number of benzene rings is 3. The van der Waals surface area contributed by atoms with E-state index in [0.717, 1.165) is 21.6 Å². The average molecular weight is 591 g/mol. The first-order valence-corrected chi connectivity index (χ1v) is 14.4. The first-order valence-electron chi connectivity index (χ1n) is 13.2. The number of nitrogens with one attached hydrogen (secondary N) is 1. The number of esters is 1. The van der Waals surface area contributed by atoms with Gasteiger partial charge in [0.2, 0.25) is 5.91 Å². The number of rotatable bonds is 12. The van der Waals surface area contributed by atoms with Gasteiger partial charge in [0, 0.05) is 12.0 Å². The van der Waals surface area contributed by atoms with Gasteiger partial charge in [-0.15, -0.1) is 11.3 Å². The van der Waals surface area contributed by atoms with Gasteiger partial charge in [-0.3, -0.25) is 15.0 Å². The maximum Gasteiger partial charge on any atom is 0.330 e. The van der Waals surface area contributed by atoms with Crippen LogP contribution in [0.2, 0.25) is 4.34 Å². The van der Waals surface area contributed by atoms with E-state index in [1.54, 1.807) is 13.2 Å². The fraction of sp³-hybridized carbons (Fsp3) is 0.250. The molecule has 1 aromatic heterocycles. The van der Waals surface area contributed by atoms with Crippen LogP contribution < -0.4 is 10.1 Å². The van der Waals surface area contributed by atoms with Crippen LogP contribution in [0.25, 0.3) is 0 Å². The number of ether oxygens (including phenoxy) is 3. The third-order valence-electron chi connectivity index (χ3n) is 7.14. The lowest BCUT2D eigenvalue weighted by molar-refractivity contribution is -0.197. The highest BCUT2D eigenvalue weighted by molar-refractivity contribution is 7.16. The number of methoxy groups -OCH3 is 2. The molecule has 3 aromatic carbocycles. The molecule has 1 amide bonds. The summed E-state index contributed by atoms with van der Waals surface area (Å²) >= 11 is 7.55. The summed E-state index contributed by atoms with van der Waals surface area (Å²) in [6.45, 7) is 0.0701. The highest BCUT2D eigenvalue weighted by Gasteiger charge is 2.55. The van der Waals surface area contributed by atoms with Crippen LogP contribution in [0.3, 0.4) is 0 Å². The minimum absolute atomic E-state index is 0.0701. The van der Waals surface area contributed by atoms with Crippen molar-refractivity contribution in [1.82, 2.24) is 10.2 Å². The Hall–Kier alpha value is -3.69. The van der Waals surface area contributed by atoms with Crippen molar-refractivity contribution in [3.63, 3.8) is 0 Å². The maximum atomic E-state index is 13.6. The summed E-state index contributed by atoms with van der Waals surface area (Å²) in [5, 5.41) is 3.47. The Balaban J connectivity index is 1.39. The zero-order valence-electron chi connectivity index (χ0n) is 22.7. The van der Waals surface area contributed by atoms with E-state index in [-0.39, 0.29) is 18.6 Å². The fourth-order valence-electron chi connectivity index (χ4n) is 5.03. The molecule has 2 unspecified atom stereocenters. The van der Waals surface area contributed by atoms with Gasteiger partial charge < -0.3 is 14.2 Å². The van der Waals surface area contributed by atoms with Crippen LogP contribution in [0.5, 0.6) is 5.75 Å². The first-order chi connectivity index (χ1) is 20.0. The third kappa shape index (κ3) is 6.63. The summed E-state index contributed by atoms with van der Waals surface area (Å²) in [4.78, 5) is 29.6. The molecule has 9 heteroatoms. The molecule has 41 heavy (non-hydrogen) atoms. The zero-order valence-corrected chi connectivity index (χ0v) is 24.3. The number of β-lactam (4-membered cyclic amide) rings is 1. The Morgan fingerprint density at radius 2 is 1.56 bits per heavy atom. The number of hydrogen-bond donors (Lipinski definition) is 1. The fourth-order valence-corrected chi connectivity index (χ4v) is 6.18. The molecule has 1 N–H and O–H groups in total. The van der Waals surface area contributed by atoms with Gasteiger partial charge in [-0.2, -0.15) is 0 Å². The van der Waals surface area contributed by atoms with E-state index in [9.17, 15) is 9.59 Å². The van der Waals surface area contributed by atoms with E-state index in [0.29, 0.717) is 16.5 Å². The molecule has 0 saturated carbocycles. The molecule has 0 bridgehead atoms. The molecule has 3 atom stereocenters. The number of halogens is 1. The standard InChI is InChI=1S/C32H31ClN2O5S/c1-38-24-15-13-21(14-16-24)20-40-31(37)29-26(19-25-17-18-27(33)41-25)30(36)35(29)32(39-2)34-28(22-9-5-3-6-10-22)23-11-7-4-8-12-23/h3-18,26,28-29,32,34H,19-20H2,1-2H3/t26-,29?,32?/m1/s1. The Kier molecular flexibility index (Phi) is 9.36. The number of carbonyl (C=O) groups excluding carboxylic acids is 2. The summed E-state index contributed by atoms with van der Waals surface area (Å²) < 4.78 is 17.4. The lowest BCUT2D eigenvalue weighted by Gasteiger charge is -2.49. The van der Waals surface area contributed by atoms with E-state index in [1.165, 1.54) is 23.3 Å². The maximum absolute atomic E-state index is 13.6. The molecule has 4 aromatic rings. The number of amides is 1. The van der Waals surface area contributed by atoms with Gasteiger partial charge in [0.05, 0.1) is 23.4 Å². The van der Waals surface area contributed by atoms with Crippen molar-refractivity contribution < 1.29 is 23.8 Å². The van der Waals surface area contributed by atoms with Gasteiger partial charge in [0.15, 0.2) is 6.35 Å². The normalized spacial score (nSPS) is 17.3. The molecule has 7 nitrogen and oxygen atoms in total. The molecule has 2 heterocycles. The van der Waals surface area contributed by atoms with E-state index in [1.807, 2.05) is 91.0 Å². The Morgan fingerprint density at radius 3 is 2.10 bits per heavy atom. The molecule has 1 saturated heterocycles. The monoisotopic (exact) mass is 590 g/mol. The number of nitrogens with zero attached hydrogens (tertiary/aromatic N) is 1. The van der Waals surface area contributed by atoms with Gasteiger partial charge in [0.1, 0.15) is 18.4 Å². The summed E-state index contributed by atoms with van der Waals surface area (Å²) in [6.07, 6.45) is -0.499. The topological polar surface area (TPSA) is 77.1 Å². The molecule has 212 valence electrons. The molecule has 5 rings (SSSR count). The van der Waals surface area contributed by atoms with Gasteiger partial charge >= 0.3 is 5.97 Å². The second-order valence-electron chi connectivity index (χ2n) is 9.67. The predicted molar refractivity (Wildman–Crippen MR) is 159 cm³/mol. The Morgan fingerprint density at radius 1 is 0.927 bits per heavy atom. The number of thiophene rings is 1. The van der Waals surface area contributed by atoms with E-state index >= 15 is 0 Å².